The lowest BCUT2D eigenvalue weighted by atomic mass is 10.2. The van der Waals surface area contributed by atoms with Crippen molar-refractivity contribution in [2.24, 2.45) is 0 Å². The molecule has 2 rings (SSSR count). The van der Waals surface area contributed by atoms with Gasteiger partial charge in [-0.25, -0.2) is 4.98 Å². The molecule has 0 radical (unpaired) electrons. The molecule has 1 aromatic heterocycles. The van der Waals surface area contributed by atoms with E-state index in [9.17, 15) is 0 Å². The monoisotopic (exact) mass is 269 g/mol. The Kier molecular flexibility index (Phi) is 5.41. The van der Waals surface area contributed by atoms with Crippen molar-refractivity contribution in [3.8, 4) is 0 Å². The van der Waals surface area contributed by atoms with E-state index in [0.717, 1.165) is 50.0 Å². The first kappa shape index (κ1) is 13.8. The van der Waals surface area contributed by atoms with Crippen LogP contribution >= 0.6 is 11.3 Å². The summed E-state index contributed by atoms with van der Waals surface area (Å²) in [6.45, 7) is 9.06. The van der Waals surface area contributed by atoms with E-state index >= 15 is 0 Å². The Morgan fingerprint density at radius 1 is 1.56 bits per heavy atom. The average Bonchev–Trinajstić information content (AvgIpc) is 2.88. The number of aromatic nitrogens is 1. The van der Waals surface area contributed by atoms with Gasteiger partial charge in [-0.05, 0) is 19.4 Å². The highest BCUT2D eigenvalue weighted by molar-refractivity contribution is 7.13. The van der Waals surface area contributed by atoms with Gasteiger partial charge in [0.1, 0.15) is 0 Å². The van der Waals surface area contributed by atoms with Gasteiger partial charge in [0.15, 0.2) is 5.13 Å². The van der Waals surface area contributed by atoms with Crippen molar-refractivity contribution in [2.45, 2.75) is 39.3 Å². The predicted octanol–water partition coefficient (Wildman–Crippen LogP) is 2.26. The van der Waals surface area contributed by atoms with E-state index in [2.05, 4.69) is 29.4 Å². The molecule has 0 bridgehead atoms. The Morgan fingerprint density at radius 3 is 3.22 bits per heavy atom. The summed E-state index contributed by atoms with van der Waals surface area (Å²) in [5.41, 5.74) is 1.16. The van der Waals surface area contributed by atoms with Crippen molar-refractivity contribution in [1.82, 2.24) is 10.3 Å². The van der Waals surface area contributed by atoms with Gasteiger partial charge in [0.25, 0.3) is 0 Å². The molecule has 0 amide bonds. The number of rotatable bonds is 6. The van der Waals surface area contributed by atoms with Crippen molar-refractivity contribution in [2.75, 3.05) is 31.1 Å². The molecule has 5 heteroatoms. The molecule has 1 aromatic rings. The number of morpholine rings is 1. The van der Waals surface area contributed by atoms with Crippen molar-refractivity contribution in [3.05, 3.63) is 11.1 Å². The van der Waals surface area contributed by atoms with Gasteiger partial charge in [0.2, 0.25) is 0 Å². The van der Waals surface area contributed by atoms with Crippen LogP contribution in [-0.2, 0) is 11.3 Å². The van der Waals surface area contributed by atoms with Crippen LogP contribution in [-0.4, -0.2) is 37.3 Å². The summed E-state index contributed by atoms with van der Waals surface area (Å²) >= 11 is 1.75. The number of thiazole rings is 1. The van der Waals surface area contributed by atoms with Gasteiger partial charge >= 0.3 is 0 Å². The second-order valence-electron chi connectivity index (χ2n) is 4.65. The molecule has 1 atom stereocenters. The summed E-state index contributed by atoms with van der Waals surface area (Å²) in [5, 5.41) is 6.69. The van der Waals surface area contributed by atoms with Gasteiger partial charge in [0.05, 0.1) is 18.4 Å². The minimum Gasteiger partial charge on any atom is -0.375 e. The van der Waals surface area contributed by atoms with E-state index in [-0.39, 0.29) is 0 Å². The molecule has 0 aliphatic carbocycles. The smallest absolute Gasteiger partial charge is 0.185 e. The fourth-order valence-corrected chi connectivity index (χ4v) is 2.92. The van der Waals surface area contributed by atoms with Gasteiger partial charge in [-0.3, -0.25) is 0 Å². The third-order valence-electron chi connectivity index (χ3n) is 3.14. The lowest BCUT2D eigenvalue weighted by Gasteiger charge is -2.32. The molecule has 1 aliphatic heterocycles. The van der Waals surface area contributed by atoms with Crippen molar-refractivity contribution in [3.63, 3.8) is 0 Å². The van der Waals surface area contributed by atoms with Crippen LogP contribution in [0.4, 0.5) is 5.13 Å². The second kappa shape index (κ2) is 7.07. The molecule has 0 spiro atoms. The van der Waals surface area contributed by atoms with Crippen LogP contribution in [0, 0.1) is 0 Å². The minimum absolute atomic E-state index is 0.365. The van der Waals surface area contributed by atoms with Crippen LogP contribution in [0.5, 0.6) is 0 Å². The van der Waals surface area contributed by atoms with Gasteiger partial charge in [-0.15, -0.1) is 11.3 Å². The van der Waals surface area contributed by atoms with E-state index in [1.165, 1.54) is 6.42 Å². The quantitative estimate of drug-likeness (QED) is 0.804. The first-order valence-electron chi connectivity index (χ1n) is 6.85. The van der Waals surface area contributed by atoms with E-state index in [0.29, 0.717) is 6.10 Å². The van der Waals surface area contributed by atoms with Gasteiger partial charge in [-0.1, -0.05) is 13.8 Å². The number of nitrogens with zero attached hydrogens (tertiary/aromatic N) is 2. The molecule has 18 heavy (non-hydrogen) atoms. The second-order valence-corrected chi connectivity index (χ2v) is 5.48. The SMILES string of the molecule is CCCNCc1csc(N2CCOC(CC)C2)n1. The molecule has 102 valence electrons. The fourth-order valence-electron chi connectivity index (χ4n) is 2.06. The molecule has 1 unspecified atom stereocenters. The average molecular weight is 269 g/mol. The zero-order chi connectivity index (χ0) is 12.8. The van der Waals surface area contributed by atoms with Gasteiger partial charge in [0, 0.05) is 25.0 Å². The topological polar surface area (TPSA) is 37.4 Å². The highest BCUT2D eigenvalue weighted by Gasteiger charge is 2.21. The zero-order valence-electron chi connectivity index (χ0n) is 11.3. The van der Waals surface area contributed by atoms with Crippen molar-refractivity contribution in [1.29, 1.82) is 0 Å². The molecule has 0 saturated carbocycles. The Bertz CT molecular complexity index is 356. The maximum atomic E-state index is 5.69. The summed E-state index contributed by atoms with van der Waals surface area (Å²) < 4.78 is 5.69. The van der Waals surface area contributed by atoms with Crippen LogP contribution in [0.25, 0.3) is 0 Å². The Labute approximate surface area is 113 Å². The number of anilines is 1. The maximum absolute atomic E-state index is 5.69. The van der Waals surface area contributed by atoms with E-state index in [1.807, 2.05) is 0 Å². The molecular formula is C13H23N3OS. The number of ether oxygens (including phenoxy) is 1. The highest BCUT2D eigenvalue weighted by atomic mass is 32.1. The molecule has 4 nitrogen and oxygen atoms in total. The van der Waals surface area contributed by atoms with Crippen LogP contribution in [0.1, 0.15) is 32.4 Å². The maximum Gasteiger partial charge on any atom is 0.185 e. The molecule has 1 aliphatic rings. The summed E-state index contributed by atoms with van der Waals surface area (Å²) in [4.78, 5) is 7.05. The van der Waals surface area contributed by atoms with Crippen LogP contribution in [0.3, 0.4) is 0 Å². The lowest BCUT2D eigenvalue weighted by molar-refractivity contribution is 0.0384. The normalized spacial score (nSPS) is 20.3. The van der Waals surface area contributed by atoms with Crippen LogP contribution in [0.2, 0.25) is 0 Å². The highest BCUT2D eigenvalue weighted by Crippen LogP contribution is 2.23. The first-order valence-corrected chi connectivity index (χ1v) is 7.73. The first-order chi connectivity index (χ1) is 8.83. The van der Waals surface area contributed by atoms with Gasteiger partial charge in [-0.2, -0.15) is 0 Å². The predicted molar refractivity (Wildman–Crippen MR) is 76.4 cm³/mol. The third-order valence-corrected chi connectivity index (χ3v) is 4.09. The summed E-state index contributed by atoms with van der Waals surface area (Å²) in [7, 11) is 0. The number of hydrogen-bond donors (Lipinski definition) is 1. The zero-order valence-corrected chi connectivity index (χ0v) is 12.1. The summed E-state index contributed by atoms with van der Waals surface area (Å²) in [5.74, 6) is 0. The Morgan fingerprint density at radius 2 is 2.44 bits per heavy atom. The van der Waals surface area contributed by atoms with Crippen LogP contribution < -0.4 is 10.2 Å². The standard InChI is InChI=1S/C13H23N3OS/c1-3-5-14-8-11-10-18-13(15-11)16-6-7-17-12(4-2)9-16/h10,12,14H,3-9H2,1-2H3. The van der Waals surface area contributed by atoms with Crippen LogP contribution in [0.15, 0.2) is 5.38 Å². The molecule has 1 saturated heterocycles. The van der Waals surface area contributed by atoms with Crippen molar-refractivity contribution < 1.29 is 4.74 Å². The van der Waals surface area contributed by atoms with E-state index < -0.39 is 0 Å². The van der Waals surface area contributed by atoms with E-state index in [1.54, 1.807) is 11.3 Å². The fraction of sp³-hybridized carbons (Fsp3) is 0.769. The molecular weight excluding hydrogens is 246 g/mol. The Balaban J connectivity index is 1.88. The van der Waals surface area contributed by atoms with Crippen molar-refractivity contribution >= 4 is 16.5 Å². The van der Waals surface area contributed by atoms with Gasteiger partial charge < -0.3 is 15.0 Å². The molecule has 2 heterocycles. The third kappa shape index (κ3) is 3.67. The largest absolute Gasteiger partial charge is 0.375 e. The summed E-state index contributed by atoms with van der Waals surface area (Å²) in [6, 6.07) is 0. The molecule has 1 fully saturated rings. The molecule has 0 aromatic carbocycles. The van der Waals surface area contributed by atoms with E-state index in [4.69, 9.17) is 9.72 Å². The lowest BCUT2D eigenvalue weighted by Crippen LogP contribution is -2.42. The summed E-state index contributed by atoms with van der Waals surface area (Å²) in [6.07, 6.45) is 2.61. The number of hydrogen-bond acceptors (Lipinski definition) is 5. The number of nitrogens with one attached hydrogen (secondary N) is 1. The Hall–Kier alpha value is -0.650. The molecule has 1 N–H and O–H groups in total. The minimum atomic E-state index is 0.365.